The summed E-state index contributed by atoms with van der Waals surface area (Å²) in [5.41, 5.74) is 0.268. The number of rotatable bonds is 9. The highest BCUT2D eigenvalue weighted by Gasteiger charge is 2.20. The van der Waals surface area contributed by atoms with Crippen LogP contribution in [0, 0.1) is 0 Å². The van der Waals surface area contributed by atoms with E-state index in [1.54, 1.807) is 25.8 Å². The molecule has 0 aliphatic heterocycles. The van der Waals surface area contributed by atoms with Crippen molar-refractivity contribution in [3.8, 4) is 5.75 Å². The first-order valence-electron chi connectivity index (χ1n) is 7.33. The van der Waals surface area contributed by atoms with E-state index in [9.17, 15) is 9.90 Å². The Labute approximate surface area is 136 Å². The van der Waals surface area contributed by atoms with E-state index in [1.807, 2.05) is 30.5 Å². The molecule has 22 heavy (non-hydrogen) atoms. The van der Waals surface area contributed by atoms with Gasteiger partial charge in [-0.05, 0) is 49.5 Å². The lowest BCUT2D eigenvalue weighted by molar-refractivity contribution is 0.0594. The van der Waals surface area contributed by atoms with Gasteiger partial charge in [0.05, 0.1) is 12.7 Å². The van der Waals surface area contributed by atoms with Crippen molar-refractivity contribution in [1.82, 2.24) is 10.6 Å². The Kier molecular flexibility index (Phi) is 8.12. The van der Waals surface area contributed by atoms with Crippen LogP contribution in [0.15, 0.2) is 24.3 Å². The Balaban J connectivity index is 2.22. The van der Waals surface area contributed by atoms with Crippen LogP contribution in [0.4, 0.5) is 4.79 Å². The number of carbonyl (C=O) groups excluding carboxylic acids is 1. The van der Waals surface area contributed by atoms with E-state index >= 15 is 0 Å². The molecule has 1 aromatic carbocycles. The Morgan fingerprint density at radius 3 is 2.59 bits per heavy atom. The highest BCUT2D eigenvalue weighted by Crippen LogP contribution is 2.12. The molecular formula is C16H26N2O3S. The first kappa shape index (κ1) is 18.6. The summed E-state index contributed by atoms with van der Waals surface area (Å²) in [6.45, 7) is 2.54. The lowest BCUT2D eigenvalue weighted by atomic mass is 10.0. The second-order valence-electron chi connectivity index (χ2n) is 5.45. The minimum absolute atomic E-state index is 0.252. The van der Waals surface area contributed by atoms with Gasteiger partial charge < -0.3 is 20.5 Å². The molecule has 0 radical (unpaired) electrons. The molecule has 0 unspecified atom stereocenters. The fourth-order valence-corrected chi connectivity index (χ4v) is 2.50. The Bertz CT molecular complexity index is 449. The van der Waals surface area contributed by atoms with Gasteiger partial charge in [0.2, 0.25) is 0 Å². The van der Waals surface area contributed by atoms with E-state index in [0.717, 1.165) is 23.5 Å². The monoisotopic (exact) mass is 326 g/mol. The minimum atomic E-state index is -0.865. The number of ether oxygens (including phenoxy) is 1. The molecule has 1 rings (SSSR count). The van der Waals surface area contributed by atoms with Gasteiger partial charge in [-0.25, -0.2) is 4.79 Å². The lowest BCUT2D eigenvalue weighted by Gasteiger charge is -2.23. The number of aliphatic hydroxyl groups is 1. The number of nitrogens with one attached hydrogen (secondary N) is 2. The smallest absolute Gasteiger partial charge is 0.314 e. The van der Waals surface area contributed by atoms with Gasteiger partial charge in [0.15, 0.2) is 0 Å². The molecule has 6 heteroatoms. The van der Waals surface area contributed by atoms with E-state index in [0.29, 0.717) is 13.0 Å². The first-order valence-corrected chi connectivity index (χ1v) is 8.72. The Hall–Kier alpha value is -1.40. The van der Waals surface area contributed by atoms with E-state index in [-0.39, 0.29) is 12.6 Å². The molecule has 0 bridgehead atoms. The van der Waals surface area contributed by atoms with Crippen molar-refractivity contribution in [2.45, 2.75) is 25.4 Å². The summed E-state index contributed by atoms with van der Waals surface area (Å²) in [5.74, 6) is 1.69. The zero-order chi connectivity index (χ0) is 16.4. The van der Waals surface area contributed by atoms with Gasteiger partial charge in [0.1, 0.15) is 5.75 Å². The van der Waals surface area contributed by atoms with Crippen molar-refractivity contribution in [3.05, 3.63) is 29.8 Å². The molecule has 0 saturated heterocycles. The highest BCUT2D eigenvalue weighted by atomic mass is 32.2. The number of benzene rings is 1. The van der Waals surface area contributed by atoms with E-state index < -0.39 is 5.60 Å². The maximum atomic E-state index is 11.7. The number of urea groups is 1. The van der Waals surface area contributed by atoms with E-state index in [2.05, 4.69) is 10.6 Å². The maximum absolute atomic E-state index is 11.7. The summed E-state index contributed by atoms with van der Waals surface area (Å²) in [7, 11) is 1.63. The SMILES string of the molecule is COc1ccc(CCNC(=O)NC[C@@](C)(O)CCSC)cc1. The van der Waals surface area contributed by atoms with Crippen LogP contribution in [0.5, 0.6) is 5.75 Å². The molecule has 0 saturated carbocycles. The first-order chi connectivity index (χ1) is 10.5. The minimum Gasteiger partial charge on any atom is -0.497 e. The fraction of sp³-hybridized carbons (Fsp3) is 0.562. The molecule has 0 aromatic heterocycles. The van der Waals surface area contributed by atoms with Gasteiger partial charge >= 0.3 is 6.03 Å². The van der Waals surface area contributed by atoms with Crippen LogP contribution in [0.1, 0.15) is 18.9 Å². The average Bonchev–Trinajstić information content (AvgIpc) is 2.52. The molecule has 2 amide bonds. The summed E-state index contributed by atoms with van der Waals surface area (Å²) in [4.78, 5) is 11.7. The average molecular weight is 326 g/mol. The zero-order valence-electron chi connectivity index (χ0n) is 13.5. The van der Waals surface area contributed by atoms with Crippen LogP contribution in [0.2, 0.25) is 0 Å². The zero-order valence-corrected chi connectivity index (χ0v) is 14.3. The predicted octanol–water partition coefficient (Wildman–Crippen LogP) is 2.04. The van der Waals surface area contributed by atoms with Crippen LogP contribution in [0.25, 0.3) is 0 Å². The number of amides is 2. The summed E-state index contributed by atoms with van der Waals surface area (Å²) < 4.78 is 5.10. The van der Waals surface area contributed by atoms with Crippen LogP contribution >= 0.6 is 11.8 Å². The van der Waals surface area contributed by atoms with Crippen LogP contribution in [-0.4, -0.2) is 48.9 Å². The largest absolute Gasteiger partial charge is 0.497 e. The highest BCUT2D eigenvalue weighted by molar-refractivity contribution is 7.98. The van der Waals surface area contributed by atoms with Crippen molar-refractivity contribution >= 4 is 17.8 Å². The van der Waals surface area contributed by atoms with Crippen molar-refractivity contribution in [3.63, 3.8) is 0 Å². The topological polar surface area (TPSA) is 70.6 Å². The molecule has 3 N–H and O–H groups in total. The molecule has 0 fully saturated rings. The van der Waals surface area contributed by atoms with Crippen molar-refractivity contribution in [2.75, 3.05) is 32.2 Å². The number of hydrogen-bond donors (Lipinski definition) is 3. The Morgan fingerprint density at radius 1 is 1.32 bits per heavy atom. The predicted molar refractivity (Wildman–Crippen MR) is 91.7 cm³/mol. The lowest BCUT2D eigenvalue weighted by Crippen LogP contribution is -2.45. The molecule has 0 heterocycles. The second kappa shape index (κ2) is 9.58. The van der Waals surface area contributed by atoms with Gasteiger partial charge in [-0.1, -0.05) is 12.1 Å². The third kappa shape index (κ3) is 7.56. The normalized spacial score (nSPS) is 13.3. The van der Waals surface area contributed by atoms with Crippen molar-refractivity contribution < 1.29 is 14.6 Å². The van der Waals surface area contributed by atoms with Crippen molar-refractivity contribution in [2.24, 2.45) is 0 Å². The van der Waals surface area contributed by atoms with Gasteiger partial charge in [-0.15, -0.1) is 0 Å². The molecule has 0 aliphatic carbocycles. The number of thioether (sulfide) groups is 1. The maximum Gasteiger partial charge on any atom is 0.314 e. The second-order valence-corrected chi connectivity index (χ2v) is 6.43. The quantitative estimate of drug-likeness (QED) is 0.649. The number of carbonyl (C=O) groups is 1. The van der Waals surface area contributed by atoms with Gasteiger partial charge in [-0.3, -0.25) is 0 Å². The summed E-state index contributed by atoms with van der Waals surface area (Å²) in [6.07, 6.45) is 3.40. The van der Waals surface area contributed by atoms with E-state index in [1.165, 1.54) is 0 Å². The number of methoxy groups -OCH3 is 1. The van der Waals surface area contributed by atoms with Gasteiger partial charge in [0.25, 0.3) is 0 Å². The van der Waals surface area contributed by atoms with Gasteiger partial charge in [0, 0.05) is 13.1 Å². The van der Waals surface area contributed by atoms with Gasteiger partial charge in [-0.2, -0.15) is 11.8 Å². The molecule has 1 aromatic rings. The molecule has 124 valence electrons. The van der Waals surface area contributed by atoms with Crippen LogP contribution < -0.4 is 15.4 Å². The third-order valence-corrected chi connectivity index (χ3v) is 3.95. The molecule has 5 nitrogen and oxygen atoms in total. The molecule has 0 aliphatic rings. The molecular weight excluding hydrogens is 300 g/mol. The fourth-order valence-electron chi connectivity index (χ4n) is 1.86. The summed E-state index contributed by atoms with van der Waals surface area (Å²) >= 11 is 1.68. The Morgan fingerprint density at radius 2 is 2.00 bits per heavy atom. The van der Waals surface area contributed by atoms with Crippen LogP contribution in [-0.2, 0) is 6.42 Å². The molecule has 0 spiro atoms. The third-order valence-electron chi connectivity index (χ3n) is 3.33. The summed E-state index contributed by atoms with van der Waals surface area (Å²) in [5, 5.41) is 15.6. The summed E-state index contributed by atoms with van der Waals surface area (Å²) in [6, 6.07) is 7.51. The van der Waals surface area contributed by atoms with Crippen LogP contribution in [0.3, 0.4) is 0 Å². The standard InChI is InChI=1S/C16H26N2O3S/c1-16(20,9-11-22-3)12-18-15(19)17-10-8-13-4-6-14(21-2)7-5-13/h4-7,20H,8-12H2,1-3H3,(H2,17,18,19)/t16-/m0/s1. The van der Waals surface area contributed by atoms with Crippen molar-refractivity contribution in [1.29, 1.82) is 0 Å². The number of hydrogen-bond acceptors (Lipinski definition) is 4. The van der Waals surface area contributed by atoms with E-state index in [4.69, 9.17) is 4.74 Å². The molecule has 1 atom stereocenters.